The highest BCUT2D eigenvalue weighted by molar-refractivity contribution is 5.96. The van der Waals surface area contributed by atoms with Gasteiger partial charge in [0.05, 0.1) is 19.3 Å². The van der Waals surface area contributed by atoms with E-state index in [2.05, 4.69) is 10.3 Å². The van der Waals surface area contributed by atoms with Crippen LogP contribution < -0.4 is 16.7 Å². The Kier molecular flexibility index (Phi) is 8.37. The Morgan fingerprint density at radius 3 is 2.61 bits per heavy atom. The molecule has 3 heterocycles. The monoisotopic (exact) mass is 469 g/mol. The molecule has 0 radical (unpaired) electrons. The Morgan fingerprint density at radius 2 is 2.03 bits per heavy atom. The van der Waals surface area contributed by atoms with Crippen LogP contribution in [0.2, 0.25) is 0 Å². The molecule has 5 atom stereocenters. The highest BCUT2D eigenvalue weighted by Crippen LogP contribution is 2.34. The standard InChI is InChI=1S/C12H19N3O4.C8H12N2O4/c1-19-6-8-4-15(12(18)14-11(8)13)9-2-7(5-16)10(17)3-9;11-5-2-4-14-7(5)10-3-1-6(12)9-8(10)13/h4,7,9-10,16-17H,2-3,5-6H2,1H3,(H2,13,14,18);5,7,11H,1-4H2,(H,9,12,13)/t7-,9-,10+;5-,7?/m11/s1. The van der Waals surface area contributed by atoms with Crippen molar-refractivity contribution in [3.8, 4) is 0 Å². The number of imide groups is 1. The molecule has 13 heteroatoms. The highest BCUT2D eigenvalue weighted by atomic mass is 16.5. The lowest BCUT2D eigenvalue weighted by Gasteiger charge is -2.32. The summed E-state index contributed by atoms with van der Waals surface area (Å²) in [5.41, 5.74) is 5.87. The van der Waals surface area contributed by atoms with Gasteiger partial charge in [-0.15, -0.1) is 0 Å². The minimum absolute atomic E-state index is 0.0836. The van der Waals surface area contributed by atoms with Crippen LogP contribution in [0.5, 0.6) is 0 Å². The molecule has 3 fully saturated rings. The van der Waals surface area contributed by atoms with E-state index in [0.29, 0.717) is 38.0 Å². The van der Waals surface area contributed by atoms with E-state index in [0.717, 1.165) is 0 Å². The predicted octanol–water partition coefficient (Wildman–Crippen LogP) is -1.69. The van der Waals surface area contributed by atoms with Gasteiger partial charge in [-0.1, -0.05) is 0 Å². The van der Waals surface area contributed by atoms with Gasteiger partial charge >= 0.3 is 11.7 Å². The van der Waals surface area contributed by atoms with Crippen molar-refractivity contribution in [1.82, 2.24) is 19.8 Å². The number of urea groups is 1. The maximum absolute atomic E-state index is 11.9. The van der Waals surface area contributed by atoms with Crippen LogP contribution in [0.3, 0.4) is 0 Å². The van der Waals surface area contributed by atoms with Gasteiger partial charge in [0.2, 0.25) is 5.91 Å². The second kappa shape index (κ2) is 11.0. The van der Waals surface area contributed by atoms with Crippen LogP contribution in [0.25, 0.3) is 0 Å². The molecule has 1 aliphatic carbocycles. The molecule has 1 aromatic heterocycles. The molecule has 33 heavy (non-hydrogen) atoms. The molecule has 0 bridgehead atoms. The molecule has 184 valence electrons. The third-order valence-electron chi connectivity index (χ3n) is 6.05. The molecular formula is C20H31N5O8. The molecule has 6 N–H and O–H groups in total. The van der Waals surface area contributed by atoms with E-state index in [1.165, 1.54) is 16.6 Å². The van der Waals surface area contributed by atoms with Crippen LogP contribution in [0.4, 0.5) is 10.6 Å². The first-order chi connectivity index (χ1) is 15.7. The molecule has 3 aliphatic rings. The number of carbonyl (C=O) groups excluding carboxylic acids is 2. The number of anilines is 1. The first-order valence-corrected chi connectivity index (χ1v) is 10.8. The van der Waals surface area contributed by atoms with Crippen LogP contribution in [0.15, 0.2) is 11.0 Å². The van der Waals surface area contributed by atoms with Crippen molar-refractivity contribution >= 4 is 17.8 Å². The SMILES string of the molecule is COCc1cn([C@@H]2C[C@H](CO)[C@@H](O)C2)c(=O)nc1N.O=C1CCN(C2OCC[C@H]2O)C(=O)N1. The quantitative estimate of drug-likeness (QED) is 0.333. The number of nitrogens with two attached hydrogens (primary N) is 1. The van der Waals surface area contributed by atoms with Gasteiger partial charge in [0.25, 0.3) is 0 Å². The van der Waals surface area contributed by atoms with Crippen LogP contribution in [-0.2, 0) is 20.9 Å². The van der Waals surface area contributed by atoms with E-state index >= 15 is 0 Å². The summed E-state index contributed by atoms with van der Waals surface area (Å²) >= 11 is 0. The van der Waals surface area contributed by atoms with Crippen LogP contribution >= 0.6 is 0 Å². The van der Waals surface area contributed by atoms with Gasteiger partial charge in [-0.3, -0.25) is 19.6 Å². The van der Waals surface area contributed by atoms with E-state index in [4.69, 9.17) is 20.3 Å². The molecule has 4 rings (SSSR count). The fourth-order valence-corrected chi connectivity index (χ4v) is 4.23. The number of aromatic nitrogens is 2. The van der Waals surface area contributed by atoms with E-state index in [1.54, 1.807) is 6.20 Å². The first kappa shape index (κ1) is 25.1. The van der Waals surface area contributed by atoms with E-state index in [9.17, 15) is 24.6 Å². The van der Waals surface area contributed by atoms with Crippen molar-refractivity contribution in [3.63, 3.8) is 0 Å². The summed E-state index contributed by atoms with van der Waals surface area (Å²) in [4.78, 5) is 39.2. The van der Waals surface area contributed by atoms with E-state index < -0.39 is 30.2 Å². The molecule has 0 aromatic carbocycles. The second-order valence-corrected chi connectivity index (χ2v) is 8.32. The fraction of sp³-hybridized carbons (Fsp3) is 0.700. The van der Waals surface area contributed by atoms with E-state index in [-0.39, 0.29) is 43.3 Å². The number of aliphatic hydroxyl groups excluding tert-OH is 3. The molecule has 1 aromatic rings. The number of nitrogens with one attached hydrogen (secondary N) is 1. The van der Waals surface area contributed by atoms with Gasteiger partial charge < -0.3 is 30.5 Å². The van der Waals surface area contributed by atoms with Crippen molar-refractivity contribution in [2.75, 3.05) is 32.6 Å². The molecule has 2 aliphatic heterocycles. The summed E-state index contributed by atoms with van der Waals surface area (Å²) in [5, 5.41) is 30.6. The van der Waals surface area contributed by atoms with E-state index in [1.807, 2.05) is 0 Å². The van der Waals surface area contributed by atoms with Gasteiger partial charge in [0.15, 0.2) is 6.23 Å². The molecular weight excluding hydrogens is 438 g/mol. The Balaban J connectivity index is 0.000000194. The maximum Gasteiger partial charge on any atom is 0.349 e. The predicted molar refractivity (Wildman–Crippen MR) is 114 cm³/mol. The largest absolute Gasteiger partial charge is 0.396 e. The van der Waals surface area contributed by atoms with Crippen LogP contribution in [0.1, 0.15) is 37.3 Å². The van der Waals surface area contributed by atoms with Crippen molar-refractivity contribution in [2.45, 2.75) is 56.8 Å². The van der Waals surface area contributed by atoms with Gasteiger partial charge in [-0.2, -0.15) is 4.98 Å². The second-order valence-electron chi connectivity index (χ2n) is 8.32. The van der Waals surface area contributed by atoms with Crippen molar-refractivity contribution in [2.24, 2.45) is 5.92 Å². The Hall–Kier alpha value is -2.58. The molecule has 13 nitrogen and oxygen atoms in total. The summed E-state index contributed by atoms with van der Waals surface area (Å²) in [6.45, 7) is 0.952. The third kappa shape index (κ3) is 5.86. The zero-order chi connectivity index (χ0) is 24.1. The number of nitrogen functional groups attached to an aromatic ring is 1. The lowest BCUT2D eigenvalue weighted by atomic mass is 10.1. The zero-order valence-corrected chi connectivity index (χ0v) is 18.4. The Labute approximate surface area is 190 Å². The van der Waals surface area contributed by atoms with Crippen LogP contribution in [-0.4, -0.2) is 87.0 Å². The third-order valence-corrected chi connectivity index (χ3v) is 6.05. The lowest BCUT2D eigenvalue weighted by molar-refractivity contribution is -0.124. The van der Waals surface area contributed by atoms with Crippen LogP contribution in [0, 0.1) is 5.92 Å². The summed E-state index contributed by atoms with van der Waals surface area (Å²) in [6, 6.07) is -0.643. The van der Waals surface area contributed by atoms with Gasteiger partial charge in [-0.05, 0) is 12.8 Å². The van der Waals surface area contributed by atoms with Crippen molar-refractivity contribution < 1.29 is 34.4 Å². The first-order valence-electron chi connectivity index (χ1n) is 10.8. The minimum Gasteiger partial charge on any atom is -0.396 e. The highest BCUT2D eigenvalue weighted by Gasteiger charge is 2.37. The molecule has 3 amide bonds. The van der Waals surface area contributed by atoms with Crippen molar-refractivity contribution in [3.05, 3.63) is 22.2 Å². The number of hydrogen-bond donors (Lipinski definition) is 5. The summed E-state index contributed by atoms with van der Waals surface area (Å²) in [5.74, 6) is -0.306. The Bertz CT molecular complexity index is 909. The average Bonchev–Trinajstić information content (AvgIpc) is 3.35. The lowest BCUT2D eigenvalue weighted by Crippen LogP contribution is -2.55. The number of amides is 3. The number of hydrogen-bond acceptors (Lipinski definition) is 10. The average molecular weight is 469 g/mol. The fourth-order valence-electron chi connectivity index (χ4n) is 4.23. The number of nitrogens with zero attached hydrogens (tertiary/aromatic N) is 3. The smallest absolute Gasteiger partial charge is 0.349 e. The molecule has 1 unspecified atom stereocenters. The number of carbonyl (C=O) groups is 2. The number of aliphatic hydroxyl groups is 3. The normalized spacial score (nSPS) is 29.6. The summed E-state index contributed by atoms with van der Waals surface area (Å²) in [7, 11) is 1.54. The number of rotatable bonds is 5. The van der Waals surface area contributed by atoms with Crippen molar-refractivity contribution in [1.29, 1.82) is 0 Å². The van der Waals surface area contributed by atoms with Gasteiger partial charge in [0.1, 0.15) is 11.9 Å². The number of methoxy groups -OCH3 is 1. The molecule has 1 saturated carbocycles. The molecule has 0 spiro atoms. The molecule has 2 saturated heterocycles. The number of ether oxygens (including phenoxy) is 2. The zero-order valence-electron chi connectivity index (χ0n) is 18.4. The van der Waals surface area contributed by atoms with Gasteiger partial charge in [0, 0.05) is 56.8 Å². The summed E-state index contributed by atoms with van der Waals surface area (Å²) in [6.07, 6.45) is 1.58. The Morgan fingerprint density at radius 1 is 1.27 bits per heavy atom. The van der Waals surface area contributed by atoms with Gasteiger partial charge in [-0.25, -0.2) is 9.59 Å². The maximum atomic E-state index is 11.9. The summed E-state index contributed by atoms with van der Waals surface area (Å²) < 4.78 is 11.7. The minimum atomic E-state index is -0.644. The topological polar surface area (TPSA) is 189 Å².